The zero-order valence-corrected chi connectivity index (χ0v) is 13.8. The van der Waals surface area contributed by atoms with Crippen molar-refractivity contribution in [1.29, 1.82) is 0 Å². The van der Waals surface area contributed by atoms with Crippen LogP contribution in [0.2, 0.25) is 0 Å². The molecule has 22 heavy (non-hydrogen) atoms. The van der Waals surface area contributed by atoms with Gasteiger partial charge in [-0.05, 0) is 49.5 Å². The molecule has 1 aromatic heterocycles. The summed E-state index contributed by atoms with van der Waals surface area (Å²) >= 11 is 1.46. The molecule has 120 valence electrons. The molecule has 1 amide bonds. The molecule has 5 heteroatoms. The minimum absolute atomic E-state index is 0.0643. The Morgan fingerprint density at radius 3 is 2.59 bits per heavy atom. The summed E-state index contributed by atoms with van der Waals surface area (Å²) in [5.41, 5.74) is 1.65. The maximum Gasteiger partial charge on any atom is 0.341 e. The SMILES string of the molecule is CCOC(=O)c1c(C2CC2)csc1NC(=O)C1CCCCC1. The van der Waals surface area contributed by atoms with Gasteiger partial charge in [0.05, 0.1) is 12.2 Å². The van der Waals surface area contributed by atoms with Gasteiger partial charge in [0.2, 0.25) is 5.91 Å². The van der Waals surface area contributed by atoms with E-state index in [0.29, 0.717) is 23.1 Å². The number of esters is 1. The number of amides is 1. The highest BCUT2D eigenvalue weighted by Crippen LogP contribution is 2.46. The third-order valence-corrected chi connectivity index (χ3v) is 5.44. The normalized spacial score (nSPS) is 19.0. The molecule has 0 bridgehead atoms. The molecule has 0 saturated heterocycles. The maximum atomic E-state index is 12.4. The van der Waals surface area contributed by atoms with Gasteiger partial charge in [0.15, 0.2) is 0 Å². The van der Waals surface area contributed by atoms with E-state index in [1.165, 1.54) is 17.8 Å². The van der Waals surface area contributed by atoms with Crippen molar-refractivity contribution in [3.05, 3.63) is 16.5 Å². The summed E-state index contributed by atoms with van der Waals surface area (Å²) in [6.45, 7) is 2.16. The highest BCUT2D eigenvalue weighted by Gasteiger charge is 2.33. The fourth-order valence-electron chi connectivity index (χ4n) is 3.15. The second-order valence-electron chi connectivity index (χ2n) is 6.21. The van der Waals surface area contributed by atoms with E-state index in [4.69, 9.17) is 4.74 Å². The molecule has 0 radical (unpaired) electrons. The summed E-state index contributed by atoms with van der Waals surface area (Å²) in [6.07, 6.45) is 7.64. The van der Waals surface area contributed by atoms with Crippen LogP contribution in [0.15, 0.2) is 5.38 Å². The zero-order chi connectivity index (χ0) is 15.5. The monoisotopic (exact) mass is 321 g/mol. The van der Waals surface area contributed by atoms with Gasteiger partial charge in [-0.3, -0.25) is 4.79 Å². The number of ether oxygens (including phenoxy) is 1. The molecule has 1 heterocycles. The smallest absolute Gasteiger partial charge is 0.341 e. The number of carbonyl (C=O) groups is 2. The molecular formula is C17H23NO3S. The van der Waals surface area contributed by atoms with Gasteiger partial charge in [-0.25, -0.2) is 4.79 Å². The molecule has 1 aromatic rings. The lowest BCUT2D eigenvalue weighted by atomic mass is 9.89. The van der Waals surface area contributed by atoms with Crippen LogP contribution in [0.25, 0.3) is 0 Å². The van der Waals surface area contributed by atoms with E-state index < -0.39 is 0 Å². The molecule has 2 saturated carbocycles. The van der Waals surface area contributed by atoms with Crippen LogP contribution >= 0.6 is 11.3 Å². The van der Waals surface area contributed by atoms with Gasteiger partial charge in [-0.15, -0.1) is 11.3 Å². The topological polar surface area (TPSA) is 55.4 Å². The van der Waals surface area contributed by atoms with E-state index in [9.17, 15) is 9.59 Å². The van der Waals surface area contributed by atoms with Gasteiger partial charge >= 0.3 is 5.97 Å². The van der Waals surface area contributed by atoms with Crippen molar-refractivity contribution in [1.82, 2.24) is 0 Å². The lowest BCUT2D eigenvalue weighted by Crippen LogP contribution is -2.25. The van der Waals surface area contributed by atoms with Crippen molar-refractivity contribution >= 4 is 28.2 Å². The predicted octanol–water partition coefficient (Wildman–Crippen LogP) is 4.32. The predicted molar refractivity (Wildman–Crippen MR) is 87.5 cm³/mol. The second kappa shape index (κ2) is 6.82. The quantitative estimate of drug-likeness (QED) is 0.822. The summed E-state index contributed by atoms with van der Waals surface area (Å²) in [5.74, 6) is 0.324. The van der Waals surface area contributed by atoms with E-state index in [1.807, 2.05) is 5.38 Å². The van der Waals surface area contributed by atoms with Crippen molar-refractivity contribution in [2.75, 3.05) is 11.9 Å². The summed E-state index contributed by atoms with van der Waals surface area (Å²) in [6, 6.07) is 0. The minimum atomic E-state index is -0.301. The summed E-state index contributed by atoms with van der Waals surface area (Å²) in [5, 5.41) is 5.69. The Labute approximate surface area is 135 Å². The van der Waals surface area contributed by atoms with Crippen molar-refractivity contribution < 1.29 is 14.3 Å². The van der Waals surface area contributed by atoms with Gasteiger partial charge < -0.3 is 10.1 Å². The van der Waals surface area contributed by atoms with E-state index in [0.717, 1.165) is 44.1 Å². The number of thiophene rings is 1. The molecular weight excluding hydrogens is 298 g/mol. The molecule has 2 aliphatic rings. The number of carbonyl (C=O) groups excluding carboxylic acids is 2. The molecule has 0 spiro atoms. The Kier molecular flexibility index (Phi) is 4.81. The van der Waals surface area contributed by atoms with E-state index in [2.05, 4.69) is 5.32 Å². The maximum absolute atomic E-state index is 12.4. The van der Waals surface area contributed by atoms with Crippen LogP contribution in [0.1, 0.15) is 73.7 Å². The molecule has 2 fully saturated rings. The molecule has 0 aliphatic heterocycles. The van der Waals surface area contributed by atoms with Crippen molar-refractivity contribution in [2.45, 2.75) is 57.8 Å². The van der Waals surface area contributed by atoms with Gasteiger partial charge in [0.25, 0.3) is 0 Å². The van der Waals surface area contributed by atoms with Gasteiger partial charge in [-0.2, -0.15) is 0 Å². The Morgan fingerprint density at radius 2 is 1.95 bits per heavy atom. The minimum Gasteiger partial charge on any atom is -0.462 e. The first-order valence-corrected chi connectivity index (χ1v) is 9.18. The number of hydrogen-bond acceptors (Lipinski definition) is 4. The van der Waals surface area contributed by atoms with E-state index >= 15 is 0 Å². The van der Waals surface area contributed by atoms with Crippen molar-refractivity contribution in [3.63, 3.8) is 0 Å². The van der Waals surface area contributed by atoms with Crippen LogP contribution in [0, 0.1) is 5.92 Å². The number of anilines is 1. The lowest BCUT2D eigenvalue weighted by molar-refractivity contribution is -0.120. The Hall–Kier alpha value is -1.36. The molecule has 0 aromatic carbocycles. The standard InChI is InChI=1S/C17H23NO3S/c1-2-21-17(20)14-13(11-8-9-11)10-22-16(14)18-15(19)12-6-4-3-5-7-12/h10-12H,2-9H2,1H3,(H,18,19). The molecule has 0 atom stereocenters. The molecule has 2 aliphatic carbocycles. The Balaban J connectivity index is 1.77. The third-order valence-electron chi connectivity index (χ3n) is 4.53. The zero-order valence-electron chi connectivity index (χ0n) is 13.0. The first-order valence-electron chi connectivity index (χ1n) is 8.30. The Morgan fingerprint density at radius 1 is 1.23 bits per heavy atom. The fourth-order valence-corrected chi connectivity index (χ4v) is 4.18. The summed E-state index contributed by atoms with van der Waals surface area (Å²) in [7, 11) is 0. The molecule has 4 nitrogen and oxygen atoms in total. The third kappa shape index (κ3) is 3.35. The summed E-state index contributed by atoms with van der Waals surface area (Å²) in [4.78, 5) is 24.7. The largest absolute Gasteiger partial charge is 0.462 e. The van der Waals surface area contributed by atoms with E-state index in [1.54, 1.807) is 6.92 Å². The highest BCUT2D eigenvalue weighted by atomic mass is 32.1. The van der Waals surface area contributed by atoms with Gasteiger partial charge in [0.1, 0.15) is 5.00 Å². The van der Waals surface area contributed by atoms with Gasteiger partial charge in [0, 0.05) is 5.92 Å². The van der Waals surface area contributed by atoms with Crippen LogP contribution in [0.3, 0.4) is 0 Å². The first kappa shape index (κ1) is 15.5. The van der Waals surface area contributed by atoms with Crippen LogP contribution in [0.4, 0.5) is 5.00 Å². The average molecular weight is 321 g/mol. The fraction of sp³-hybridized carbons (Fsp3) is 0.647. The molecule has 3 rings (SSSR count). The van der Waals surface area contributed by atoms with Gasteiger partial charge in [-0.1, -0.05) is 19.3 Å². The second-order valence-corrected chi connectivity index (χ2v) is 7.09. The van der Waals surface area contributed by atoms with Crippen LogP contribution in [0.5, 0.6) is 0 Å². The molecule has 0 unspecified atom stereocenters. The Bertz CT molecular complexity index is 556. The van der Waals surface area contributed by atoms with Crippen LogP contribution < -0.4 is 5.32 Å². The molecule has 1 N–H and O–H groups in total. The number of rotatable bonds is 5. The van der Waals surface area contributed by atoms with Crippen LogP contribution in [-0.2, 0) is 9.53 Å². The van der Waals surface area contributed by atoms with Crippen molar-refractivity contribution in [2.24, 2.45) is 5.92 Å². The van der Waals surface area contributed by atoms with Crippen LogP contribution in [-0.4, -0.2) is 18.5 Å². The number of hydrogen-bond donors (Lipinski definition) is 1. The lowest BCUT2D eigenvalue weighted by Gasteiger charge is -2.20. The number of nitrogens with one attached hydrogen (secondary N) is 1. The highest BCUT2D eigenvalue weighted by molar-refractivity contribution is 7.15. The van der Waals surface area contributed by atoms with E-state index in [-0.39, 0.29) is 17.8 Å². The average Bonchev–Trinajstić information content (AvgIpc) is 3.29. The van der Waals surface area contributed by atoms with Crippen molar-refractivity contribution in [3.8, 4) is 0 Å². The summed E-state index contributed by atoms with van der Waals surface area (Å²) < 4.78 is 5.19. The first-order chi connectivity index (χ1) is 10.7.